The van der Waals surface area contributed by atoms with E-state index in [1.165, 1.54) is 4.90 Å². The molecular formula is C14H15N3O2. The molecule has 19 heavy (non-hydrogen) atoms. The number of likely N-dealkylation sites (tertiary alicyclic amines) is 1. The van der Waals surface area contributed by atoms with Crippen molar-refractivity contribution >= 4 is 17.5 Å². The Morgan fingerprint density at radius 2 is 1.95 bits per heavy atom. The molecule has 98 valence electrons. The Balaban J connectivity index is 2.10. The van der Waals surface area contributed by atoms with E-state index >= 15 is 0 Å². The summed E-state index contributed by atoms with van der Waals surface area (Å²) in [4.78, 5) is 25.1. The van der Waals surface area contributed by atoms with Crippen LogP contribution in [0.1, 0.15) is 25.8 Å². The topological polar surface area (TPSA) is 73.2 Å². The van der Waals surface area contributed by atoms with E-state index in [2.05, 4.69) is 5.32 Å². The third-order valence-electron chi connectivity index (χ3n) is 3.05. The first-order valence-electron chi connectivity index (χ1n) is 6.15. The molecule has 1 aromatic carbocycles. The fourth-order valence-electron chi connectivity index (χ4n) is 2.15. The largest absolute Gasteiger partial charge is 0.373 e. The van der Waals surface area contributed by atoms with Crippen LogP contribution in [0.5, 0.6) is 0 Å². The standard InChI is InChI=1S/C14H15N3O2/c1-9(2)17-13(18)7-12(14(17)19)16-11-5-3-10(8-15)4-6-11/h3-6,9,12,16H,7H2,1-2H3. The second-order valence-corrected chi connectivity index (χ2v) is 4.79. The molecule has 0 saturated carbocycles. The van der Waals surface area contributed by atoms with Gasteiger partial charge in [0.05, 0.1) is 18.1 Å². The van der Waals surface area contributed by atoms with E-state index in [1.54, 1.807) is 24.3 Å². The molecule has 2 rings (SSSR count). The minimum atomic E-state index is -0.511. The predicted octanol–water partition coefficient (Wildman–Crippen LogP) is 1.51. The van der Waals surface area contributed by atoms with Gasteiger partial charge in [0.25, 0.3) is 5.91 Å². The summed E-state index contributed by atoms with van der Waals surface area (Å²) in [5.41, 5.74) is 1.29. The number of imide groups is 1. The summed E-state index contributed by atoms with van der Waals surface area (Å²) in [6.07, 6.45) is 0.178. The molecule has 1 aliphatic rings. The number of anilines is 1. The molecule has 1 fully saturated rings. The van der Waals surface area contributed by atoms with Crippen molar-refractivity contribution in [3.63, 3.8) is 0 Å². The van der Waals surface area contributed by atoms with Gasteiger partial charge in [0.15, 0.2) is 0 Å². The highest BCUT2D eigenvalue weighted by Crippen LogP contribution is 2.20. The molecule has 1 aliphatic heterocycles. The molecule has 1 saturated heterocycles. The highest BCUT2D eigenvalue weighted by Gasteiger charge is 2.39. The molecule has 1 heterocycles. The first kappa shape index (κ1) is 13.1. The molecule has 1 unspecified atom stereocenters. The lowest BCUT2D eigenvalue weighted by atomic mass is 10.2. The van der Waals surface area contributed by atoms with Gasteiger partial charge in [0, 0.05) is 11.7 Å². The Hall–Kier alpha value is -2.35. The number of hydrogen-bond donors (Lipinski definition) is 1. The molecule has 5 nitrogen and oxygen atoms in total. The van der Waals surface area contributed by atoms with Crippen LogP contribution in [-0.4, -0.2) is 28.8 Å². The maximum atomic E-state index is 12.1. The molecule has 0 spiro atoms. The Labute approximate surface area is 111 Å². The van der Waals surface area contributed by atoms with Gasteiger partial charge in [-0.1, -0.05) is 0 Å². The molecule has 5 heteroatoms. The first-order chi connectivity index (χ1) is 9.02. The van der Waals surface area contributed by atoms with Crippen molar-refractivity contribution in [2.24, 2.45) is 0 Å². The Morgan fingerprint density at radius 1 is 1.32 bits per heavy atom. The fraction of sp³-hybridized carbons (Fsp3) is 0.357. The average molecular weight is 257 g/mol. The highest BCUT2D eigenvalue weighted by atomic mass is 16.2. The van der Waals surface area contributed by atoms with E-state index in [-0.39, 0.29) is 24.3 Å². The normalized spacial score (nSPS) is 18.8. The second kappa shape index (κ2) is 5.11. The summed E-state index contributed by atoms with van der Waals surface area (Å²) in [6.45, 7) is 3.64. The molecule has 2 amide bonds. The third kappa shape index (κ3) is 2.58. The molecule has 0 aliphatic carbocycles. The van der Waals surface area contributed by atoms with E-state index in [4.69, 9.17) is 5.26 Å². The molecule has 1 atom stereocenters. The molecule has 0 radical (unpaired) electrons. The second-order valence-electron chi connectivity index (χ2n) is 4.79. The van der Waals surface area contributed by atoms with Gasteiger partial charge in [-0.3, -0.25) is 14.5 Å². The van der Waals surface area contributed by atoms with Crippen LogP contribution in [0.4, 0.5) is 5.69 Å². The number of hydrogen-bond acceptors (Lipinski definition) is 4. The monoisotopic (exact) mass is 257 g/mol. The number of nitrogens with zero attached hydrogens (tertiary/aromatic N) is 2. The van der Waals surface area contributed by atoms with Gasteiger partial charge >= 0.3 is 0 Å². The van der Waals surface area contributed by atoms with Gasteiger partial charge in [-0.2, -0.15) is 5.26 Å². The smallest absolute Gasteiger partial charge is 0.252 e. The van der Waals surface area contributed by atoms with Gasteiger partial charge in [-0.05, 0) is 38.1 Å². The van der Waals surface area contributed by atoms with Gasteiger partial charge in [0.1, 0.15) is 6.04 Å². The van der Waals surface area contributed by atoms with Crippen LogP contribution in [0, 0.1) is 11.3 Å². The lowest BCUT2D eigenvalue weighted by Crippen LogP contribution is -2.39. The van der Waals surface area contributed by atoms with E-state index in [1.807, 2.05) is 19.9 Å². The predicted molar refractivity (Wildman–Crippen MR) is 70.2 cm³/mol. The van der Waals surface area contributed by atoms with Crippen LogP contribution in [0.2, 0.25) is 0 Å². The van der Waals surface area contributed by atoms with Crippen LogP contribution >= 0.6 is 0 Å². The number of carbonyl (C=O) groups excluding carboxylic acids is 2. The lowest BCUT2D eigenvalue weighted by molar-refractivity contribution is -0.140. The van der Waals surface area contributed by atoms with Gasteiger partial charge in [0.2, 0.25) is 5.91 Å². The van der Waals surface area contributed by atoms with Crippen molar-refractivity contribution in [2.75, 3.05) is 5.32 Å². The SMILES string of the molecule is CC(C)N1C(=O)CC(Nc2ccc(C#N)cc2)C1=O. The molecule has 1 aromatic rings. The summed E-state index contributed by atoms with van der Waals surface area (Å²) in [6, 6.07) is 8.20. The minimum Gasteiger partial charge on any atom is -0.373 e. The lowest BCUT2D eigenvalue weighted by Gasteiger charge is -2.19. The zero-order valence-electron chi connectivity index (χ0n) is 10.9. The summed E-state index contributed by atoms with van der Waals surface area (Å²) in [5, 5.41) is 11.7. The van der Waals surface area contributed by atoms with Crippen molar-refractivity contribution in [2.45, 2.75) is 32.4 Å². The van der Waals surface area contributed by atoms with Crippen LogP contribution in [0.15, 0.2) is 24.3 Å². The molecule has 1 N–H and O–H groups in total. The van der Waals surface area contributed by atoms with E-state index in [9.17, 15) is 9.59 Å². The third-order valence-corrected chi connectivity index (χ3v) is 3.05. The number of rotatable bonds is 3. The number of nitriles is 1. The Bertz CT molecular complexity index is 543. The van der Waals surface area contributed by atoms with Crippen LogP contribution < -0.4 is 5.32 Å². The summed E-state index contributed by atoms with van der Waals surface area (Å²) < 4.78 is 0. The number of nitrogens with one attached hydrogen (secondary N) is 1. The van der Waals surface area contributed by atoms with Gasteiger partial charge in [-0.25, -0.2) is 0 Å². The number of benzene rings is 1. The van der Waals surface area contributed by atoms with Crippen molar-refractivity contribution < 1.29 is 9.59 Å². The zero-order chi connectivity index (χ0) is 14.0. The summed E-state index contributed by atoms with van der Waals surface area (Å²) in [7, 11) is 0. The number of carbonyl (C=O) groups is 2. The van der Waals surface area contributed by atoms with Crippen LogP contribution in [0.3, 0.4) is 0 Å². The fourth-order valence-corrected chi connectivity index (χ4v) is 2.15. The quantitative estimate of drug-likeness (QED) is 0.833. The highest BCUT2D eigenvalue weighted by molar-refractivity contribution is 6.07. The molecule has 0 bridgehead atoms. The van der Waals surface area contributed by atoms with Crippen LogP contribution in [0.25, 0.3) is 0 Å². The Kier molecular flexibility index (Phi) is 3.52. The van der Waals surface area contributed by atoms with Crippen molar-refractivity contribution in [3.05, 3.63) is 29.8 Å². The summed E-state index contributed by atoms with van der Waals surface area (Å²) >= 11 is 0. The van der Waals surface area contributed by atoms with Crippen molar-refractivity contribution in [1.29, 1.82) is 5.26 Å². The van der Waals surface area contributed by atoms with Crippen molar-refractivity contribution in [3.8, 4) is 6.07 Å². The summed E-state index contributed by atoms with van der Waals surface area (Å²) in [5.74, 6) is -0.337. The molecule has 0 aromatic heterocycles. The maximum absolute atomic E-state index is 12.1. The average Bonchev–Trinajstić information content (AvgIpc) is 2.65. The van der Waals surface area contributed by atoms with E-state index < -0.39 is 6.04 Å². The van der Waals surface area contributed by atoms with Gasteiger partial charge in [-0.15, -0.1) is 0 Å². The van der Waals surface area contributed by atoms with Crippen LogP contribution in [-0.2, 0) is 9.59 Å². The Morgan fingerprint density at radius 3 is 2.42 bits per heavy atom. The maximum Gasteiger partial charge on any atom is 0.252 e. The zero-order valence-corrected chi connectivity index (χ0v) is 10.9. The van der Waals surface area contributed by atoms with Crippen molar-refractivity contribution in [1.82, 2.24) is 4.90 Å². The minimum absolute atomic E-state index is 0.118. The van der Waals surface area contributed by atoms with Gasteiger partial charge < -0.3 is 5.32 Å². The van der Waals surface area contributed by atoms with E-state index in [0.717, 1.165) is 5.69 Å². The first-order valence-corrected chi connectivity index (χ1v) is 6.15. The van der Waals surface area contributed by atoms with E-state index in [0.29, 0.717) is 5.56 Å². The molecular weight excluding hydrogens is 242 g/mol. The number of amides is 2.